The van der Waals surface area contributed by atoms with Crippen molar-refractivity contribution in [2.75, 3.05) is 26.1 Å². The Hall–Kier alpha value is -2.27. The van der Waals surface area contributed by atoms with Crippen molar-refractivity contribution < 1.29 is 9.47 Å². The van der Waals surface area contributed by atoms with Gasteiger partial charge in [-0.2, -0.15) is 0 Å². The number of nitrogens with one attached hydrogen (secondary N) is 1. The molecule has 0 spiro atoms. The second-order valence-electron chi connectivity index (χ2n) is 6.20. The molecule has 0 radical (unpaired) electrons. The Kier molecular flexibility index (Phi) is 5.43. The second kappa shape index (κ2) is 7.74. The van der Waals surface area contributed by atoms with Crippen molar-refractivity contribution in [1.82, 2.24) is 4.90 Å². The van der Waals surface area contributed by atoms with E-state index in [-0.39, 0.29) is 6.04 Å². The summed E-state index contributed by atoms with van der Waals surface area (Å²) in [6.45, 7) is 3.02. The van der Waals surface area contributed by atoms with Crippen molar-refractivity contribution in [3.05, 3.63) is 53.6 Å². The Bertz CT molecular complexity index is 763. The number of ether oxygens (including phenoxy) is 2. The highest BCUT2D eigenvalue weighted by Crippen LogP contribution is 2.39. The van der Waals surface area contributed by atoms with E-state index >= 15 is 0 Å². The predicted octanol–water partition coefficient (Wildman–Crippen LogP) is 4.55. The highest BCUT2D eigenvalue weighted by molar-refractivity contribution is 7.80. The molecule has 5 heteroatoms. The molecule has 3 rings (SSSR count). The molecule has 1 atom stereocenters. The van der Waals surface area contributed by atoms with Gasteiger partial charge in [-0.15, -0.1) is 0 Å². The van der Waals surface area contributed by atoms with Gasteiger partial charge in [-0.25, -0.2) is 0 Å². The van der Waals surface area contributed by atoms with Crippen LogP contribution in [0.3, 0.4) is 0 Å². The normalized spacial score (nSPS) is 16.6. The number of hydrogen-bond donors (Lipinski definition) is 1. The summed E-state index contributed by atoms with van der Waals surface area (Å²) in [5.41, 5.74) is 3.39. The van der Waals surface area contributed by atoms with Gasteiger partial charge in [0.25, 0.3) is 0 Å². The standard InChI is InChI=1S/C20H24N2O2S/c1-14-7-4-5-8-17(14)21-20(25)22-12-6-9-18(22)16-11-10-15(23-2)13-19(16)24-3/h4-5,7-8,10-11,13,18H,6,9,12H2,1-3H3,(H,21,25)/t18-/m0/s1. The molecule has 0 aromatic heterocycles. The summed E-state index contributed by atoms with van der Waals surface area (Å²) in [5.74, 6) is 1.64. The van der Waals surface area contributed by atoms with Crippen LogP contribution in [-0.4, -0.2) is 30.8 Å². The zero-order valence-electron chi connectivity index (χ0n) is 14.9. The molecular weight excluding hydrogens is 332 g/mol. The summed E-state index contributed by atoms with van der Waals surface area (Å²) >= 11 is 5.71. The quantitative estimate of drug-likeness (QED) is 0.813. The molecule has 25 heavy (non-hydrogen) atoms. The van der Waals surface area contributed by atoms with Crippen LogP contribution in [0.1, 0.15) is 30.0 Å². The van der Waals surface area contributed by atoms with Crippen LogP contribution in [0.25, 0.3) is 0 Å². The highest BCUT2D eigenvalue weighted by atomic mass is 32.1. The van der Waals surface area contributed by atoms with Gasteiger partial charge < -0.3 is 19.7 Å². The molecular formula is C20H24N2O2S. The van der Waals surface area contributed by atoms with Crippen molar-refractivity contribution in [3.8, 4) is 11.5 Å². The third kappa shape index (κ3) is 3.71. The number of methoxy groups -OCH3 is 2. The van der Waals surface area contributed by atoms with Gasteiger partial charge in [0.15, 0.2) is 5.11 Å². The molecule has 1 N–H and O–H groups in total. The zero-order valence-corrected chi connectivity index (χ0v) is 15.7. The average Bonchev–Trinajstić information content (AvgIpc) is 3.12. The maximum atomic E-state index is 5.71. The van der Waals surface area contributed by atoms with Crippen LogP contribution in [0, 0.1) is 6.92 Å². The number of para-hydroxylation sites is 1. The number of nitrogens with zero attached hydrogens (tertiary/aromatic N) is 1. The molecule has 4 nitrogen and oxygen atoms in total. The van der Waals surface area contributed by atoms with Gasteiger partial charge >= 0.3 is 0 Å². The van der Waals surface area contributed by atoms with Crippen molar-refractivity contribution in [2.45, 2.75) is 25.8 Å². The van der Waals surface area contributed by atoms with Gasteiger partial charge in [0.05, 0.1) is 20.3 Å². The molecule has 0 saturated carbocycles. The largest absolute Gasteiger partial charge is 0.497 e. The Balaban J connectivity index is 1.83. The van der Waals surface area contributed by atoms with Gasteiger partial charge in [0.2, 0.25) is 0 Å². The fourth-order valence-electron chi connectivity index (χ4n) is 3.33. The van der Waals surface area contributed by atoms with Crippen LogP contribution in [0.5, 0.6) is 11.5 Å². The van der Waals surface area contributed by atoms with Crippen LogP contribution in [-0.2, 0) is 0 Å². The predicted molar refractivity (Wildman–Crippen MR) is 106 cm³/mol. The number of anilines is 1. The summed E-state index contributed by atoms with van der Waals surface area (Å²) < 4.78 is 10.9. The highest BCUT2D eigenvalue weighted by Gasteiger charge is 2.30. The lowest BCUT2D eigenvalue weighted by molar-refractivity contribution is 0.362. The molecule has 0 unspecified atom stereocenters. The summed E-state index contributed by atoms with van der Waals surface area (Å²) in [6.07, 6.45) is 2.16. The summed E-state index contributed by atoms with van der Waals surface area (Å²) in [6, 6.07) is 14.4. The number of hydrogen-bond acceptors (Lipinski definition) is 3. The van der Waals surface area contributed by atoms with Gasteiger partial charge in [0.1, 0.15) is 11.5 Å². The molecule has 1 fully saturated rings. The van der Waals surface area contributed by atoms with Crippen molar-refractivity contribution in [3.63, 3.8) is 0 Å². The number of rotatable bonds is 4. The third-order valence-corrected chi connectivity index (χ3v) is 5.04. The van der Waals surface area contributed by atoms with E-state index in [2.05, 4.69) is 35.3 Å². The van der Waals surface area contributed by atoms with Gasteiger partial charge in [-0.05, 0) is 55.7 Å². The van der Waals surface area contributed by atoms with Crippen LogP contribution < -0.4 is 14.8 Å². The summed E-state index contributed by atoms with van der Waals surface area (Å²) in [5, 5.41) is 4.16. The molecule has 1 saturated heterocycles. The lowest BCUT2D eigenvalue weighted by Crippen LogP contribution is -2.34. The smallest absolute Gasteiger partial charge is 0.173 e. The molecule has 2 aromatic rings. The second-order valence-corrected chi connectivity index (χ2v) is 6.59. The van der Waals surface area contributed by atoms with E-state index in [4.69, 9.17) is 21.7 Å². The van der Waals surface area contributed by atoms with Crippen LogP contribution in [0.15, 0.2) is 42.5 Å². The molecule has 0 aliphatic carbocycles. The lowest BCUT2D eigenvalue weighted by Gasteiger charge is -2.29. The minimum absolute atomic E-state index is 0.213. The zero-order chi connectivity index (χ0) is 17.8. The van der Waals surface area contributed by atoms with E-state index in [1.807, 2.05) is 24.3 Å². The lowest BCUT2D eigenvalue weighted by atomic mass is 10.0. The molecule has 1 aliphatic heterocycles. The molecule has 0 amide bonds. The first-order valence-electron chi connectivity index (χ1n) is 8.49. The number of benzene rings is 2. The first kappa shape index (κ1) is 17.5. The van der Waals surface area contributed by atoms with Crippen LogP contribution in [0.4, 0.5) is 5.69 Å². The fourth-order valence-corrected chi connectivity index (χ4v) is 3.66. The van der Waals surface area contributed by atoms with E-state index < -0.39 is 0 Å². The fraction of sp³-hybridized carbons (Fsp3) is 0.350. The van der Waals surface area contributed by atoms with E-state index in [1.54, 1.807) is 14.2 Å². The van der Waals surface area contributed by atoms with E-state index in [0.29, 0.717) is 0 Å². The molecule has 1 heterocycles. The van der Waals surface area contributed by atoms with Crippen LogP contribution in [0.2, 0.25) is 0 Å². The first-order chi connectivity index (χ1) is 12.1. The minimum atomic E-state index is 0.213. The Labute approximate surface area is 154 Å². The molecule has 1 aliphatic rings. The number of likely N-dealkylation sites (tertiary alicyclic amines) is 1. The Morgan fingerprint density at radius 3 is 2.68 bits per heavy atom. The van der Waals surface area contributed by atoms with Crippen molar-refractivity contribution >= 4 is 23.0 Å². The third-order valence-electron chi connectivity index (χ3n) is 4.70. The van der Waals surface area contributed by atoms with Crippen LogP contribution >= 0.6 is 12.2 Å². The first-order valence-corrected chi connectivity index (χ1v) is 8.90. The average molecular weight is 356 g/mol. The molecule has 2 aromatic carbocycles. The summed E-state index contributed by atoms with van der Waals surface area (Å²) in [7, 11) is 3.36. The Morgan fingerprint density at radius 1 is 1.16 bits per heavy atom. The van der Waals surface area contributed by atoms with E-state index in [9.17, 15) is 0 Å². The van der Waals surface area contributed by atoms with E-state index in [1.165, 1.54) is 5.56 Å². The SMILES string of the molecule is COc1ccc([C@@H]2CCCN2C(=S)Nc2ccccc2C)c(OC)c1. The number of thiocarbonyl (C=S) groups is 1. The number of aryl methyl sites for hydroxylation is 1. The van der Waals surface area contributed by atoms with Crippen molar-refractivity contribution in [1.29, 1.82) is 0 Å². The topological polar surface area (TPSA) is 33.7 Å². The Morgan fingerprint density at radius 2 is 1.96 bits per heavy atom. The van der Waals surface area contributed by atoms with E-state index in [0.717, 1.165) is 47.2 Å². The van der Waals surface area contributed by atoms with Gasteiger partial charge in [0, 0.05) is 23.9 Å². The summed E-state index contributed by atoms with van der Waals surface area (Å²) in [4.78, 5) is 2.26. The maximum Gasteiger partial charge on any atom is 0.173 e. The van der Waals surface area contributed by atoms with Gasteiger partial charge in [-0.3, -0.25) is 0 Å². The van der Waals surface area contributed by atoms with Gasteiger partial charge in [-0.1, -0.05) is 18.2 Å². The minimum Gasteiger partial charge on any atom is -0.497 e. The monoisotopic (exact) mass is 356 g/mol. The molecule has 0 bridgehead atoms. The molecule has 132 valence electrons. The van der Waals surface area contributed by atoms with Crippen molar-refractivity contribution in [2.24, 2.45) is 0 Å². The maximum absolute atomic E-state index is 5.71.